The Morgan fingerprint density at radius 3 is 2.27 bits per heavy atom. The van der Waals surface area contributed by atoms with Crippen LogP contribution in [0.15, 0.2) is 24.5 Å². The highest BCUT2D eigenvalue weighted by molar-refractivity contribution is 5.98. The SMILES string of the molecule is O=C1CC2(CCCC2)CC(=O)N1CCCCc1ccncc1. The molecule has 4 nitrogen and oxygen atoms in total. The average Bonchev–Trinajstić information content (AvgIpc) is 2.94. The summed E-state index contributed by atoms with van der Waals surface area (Å²) in [5.74, 6) is 0.115. The van der Waals surface area contributed by atoms with Crippen molar-refractivity contribution in [1.29, 1.82) is 0 Å². The van der Waals surface area contributed by atoms with E-state index in [-0.39, 0.29) is 17.2 Å². The van der Waals surface area contributed by atoms with Gasteiger partial charge in [0.15, 0.2) is 0 Å². The van der Waals surface area contributed by atoms with E-state index in [1.165, 1.54) is 23.3 Å². The molecule has 0 N–H and O–H groups in total. The number of hydrogen-bond donors (Lipinski definition) is 0. The first kappa shape index (κ1) is 15.2. The number of rotatable bonds is 5. The Labute approximate surface area is 131 Å². The lowest BCUT2D eigenvalue weighted by Gasteiger charge is -2.37. The average molecular weight is 300 g/mol. The summed E-state index contributed by atoms with van der Waals surface area (Å²) in [5, 5.41) is 0. The van der Waals surface area contributed by atoms with Crippen LogP contribution in [0.2, 0.25) is 0 Å². The zero-order valence-corrected chi connectivity index (χ0v) is 13.1. The number of pyridine rings is 1. The van der Waals surface area contributed by atoms with Gasteiger partial charge in [0.25, 0.3) is 0 Å². The van der Waals surface area contributed by atoms with Crippen LogP contribution in [-0.2, 0) is 16.0 Å². The van der Waals surface area contributed by atoms with Crippen molar-refractivity contribution in [3.63, 3.8) is 0 Å². The summed E-state index contributed by atoms with van der Waals surface area (Å²) in [6.45, 7) is 0.582. The highest BCUT2D eigenvalue weighted by Gasteiger charge is 2.44. The summed E-state index contributed by atoms with van der Waals surface area (Å²) in [4.78, 5) is 30.2. The number of nitrogens with zero attached hydrogens (tertiary/aromatic N) is 2. The minimum absolute atomic E-state index is 0.0156. The van der Waals surface area contributed by atoms with E-state index in [4.69, 9.17) is 0 Å². The zero-order valence-electron chi connectivity index (χ0n) is 13.1. The molecule has 1 spiro atoms. The summed E-state index contributed by atoms with van der Waals surface area (Å²) in [7, 11) is 0. The minimum Gasteiger partial charge on any atom is -0.283 e. The number of carbonyl (C=O) groups is 2. The number of aryl methyl sites for hydroxylation is 1. The molecule has 0 atom stereocenters. The first-order chi connectivity index (χ1) is 10.7. The summed E-state index contributed by atoms with van der Waals surface area (Å²) in [5.41, 5.74) is 1.28. The predicted octanol–water partition coefficient (Wildman–Crippen LogP) is 3.11. The molecule has 2 aliphatic rings. The maximum atomic E-state index is 12.3. The summed E-state index contributed by atoms with van der Waals surface area (Å²) in [6.07, 6.45) is 12.1. The second kappa shape index (κ2) is 6.59. The molecule has 1 saturated carbocycles. The molecule has 4 heteroatoms. The number of aromatic nitrogens is 1. The molecule has 22 heavy (non-hydrogen) atoms. The third kappa shape index (κ3) is 3.37. The molecule has 0 bridgehead atoms. The summed E-state index contributed by atoms with van der Waals surface area (Å²) in [6, 6.07) is 4.03. The van der Waals surface area contributed by atoms with Gasteiger partial charge in [0, 0.05) is 31.8 Å². The molecule has 0 aromatic carbocycles. The van der Waals surface area contributed by atoms with Gasteiger partial charge < -0.3 is 0 Å². The van der Waals surface area contributed by atoms with Gasteiger partial charge in [-0.2, -0.15) is 0 Å². The molecule has 1 aromatic heterocycles. The number of carbonyl (C=O) groups excluding carboxylic acids is 2. The number of unbranched alkanes of at least 4 members (excludes halogenated alkanes) is 1. The zero-order chi connectivity index (χ0) is 15.4. The number of hydrogen-bond acceptors (Lipinski definition) is 3. The number of amides is 2. The minimum atomic E-state index is 0.0156. The highest BCUT2D eigenvalue weighted by atomic mass is 16.2. The topological polar surface area (TPSA) is 50.3 Å². The molecule has 1 saturated heterocycles. The van der Waals surface area contributed by atoms with Crippen LogP contribution in [0.4, 0.5) is 0 Å². The second-order valence-electron chi connectivity index (χ2n) is 6.81. The first-order valence-electron chi connectivity index (χ1n) is 8.41. The van der Waals surface area contributed by atoms with Gasteiger partial charge in [0.1, 0.15) is 0 Å². The first-order valence-corrected chi connectivity index (χ1v) is 8.41. The Hall–Kier alpha value is -1.71. The molecule has 2 amide bonds. The molecule has 0 unspecified atom stereocenters. The van der Waals surface area contributed by atoms with Gasteiger partial charge in [-0.15, -0.1) is 0 Å². The van der Waals surface area contributed by atoms with Crippen molar-refractivity contribution in [2.45, 2.75) is 57.8 Å². The fraction of sp³-hybridized carbons (Fsp3) is 0.611. The van der Waals surface area contributed by atoms with E-state index < -0.39 is 0 Å². The van der Waals surface area contributed by atoms with Crippen LogP contribution >= 0.6 is 0 Å². The standard InChI is InChI=1S/C18H24N2O2/c21-16-13-18(8-2-3-9-18)14-17(22)20(16)12-4-1-5-15-6-10-19-11-7-15/h6-7,10-11H,1-5,8-9,12-14H2. The van der Waals surface area contributed by atoms with Gasteiger partial charge in [0.05, 0.1) is 0 Å². The second-order valence-corrected chi connectivity index (χ2v) is 6.81. The summed E-state index contributed by atoms with van der Waals surface area (Å²) >= 11 is 0. The van der Waals surface area contributed by atoms with Gasteiger partial charge >= 0.3 is 0 Å². The van der Waals surface area contributed by atoms with Crippen molar-refractivity contribution in [2.24, 2.45) is 5.41 Å². The molecule has 1 aliphatic heterocycles. The van der Waals surface area contributed by atoms with Crippen LogP contribution in [0.25, 0.3) is 0 Å². The molecule has 0 radical (unpaired) electrons. The number of piperidine rings is 1. The van der Waals surface area contributed by atoms with Gasteiger partial charge in [-0.3, -0.25) is 19.5 Å². The number of likely N-dealkylation sites (tertiary alicyclic amines) is 1. The third-order valence-electron chi connectivity index (χ3n) is 5.17. The largest absolute Gasteiger partial charge is 0.283 e. The Kier molecular flexibility index (Phi) is 4.55. The molecule has 1 aromatic rings. The normalized spacial score (nSPS) is 20.8. The molecule has 2 heterocycles. The Morgan fingerprint density at radius 1 is 1.00 bits per heavy atom. The van der Waals surface area contributed by atoms with Gasteiger partial charge in [-0.05, 0) is 55.2 Å². The van der Waals surface area contributed by atoms with Crippen molar-refractivity contribution in [1.82, 2.24) is 9.88 Å². The third-order valence-corrected chi connectivity index (χ3v) is 5.17. The molecule has 118 valence electrons. The van der Waals surface area contributed by atoms with Crippen molar-refractivity contribution in [2.75, 3.05) is 6.54 Å². The molecular weight excluding hydrogens is 276 g/mol. The maximum Gasteiger partial charge on any atom is 0.229 e. The quantitative estimate of drug-likeness (QED) is 0.620. The monoisotopic (exact) mass is 300 g/mol. The fourth-order valence-electron chi connectivity index (χ4n) is 3.91. The fourth-order valence-corrected chi connectivity index (χ4v) is 3.91. The van der Waals surface area contributed by atoms with Crippen molar-refractivity contribution < 1.29 is 9.59 Å². The van der Waals surface area contributed by atoms with E-state index in [2.05, 4.69) is 4.98 Å². The highest BCUT2D eigenvalue weighted by Crippen LogP contribution is 2.46. The van der Waals surface area contributed by atoms with Crippen molar-refractivity contribution >= 4 is 11.8 Å². The predicted molar refractivity (Wildman–Crippen MR) is 84.0 cm³/mol. The van der Waals surface area contributed by atoms with E-state index in [0.29, 0.717) is 19.4 Å². The van der Waals surface area contributed by atoms with E-state index in [1.54, 1.807) is 12.4 Å². The van der Waals surface area contributed by atoms with Gasteiger partial charge in [-0.1, -0.05) is 12.8 Å². The van der Waals surface area contributed by atoms with Crippen molar-refractivity contribution in [3.8, 4) is 0 Å². The van der Waals surface area contributed by atoms with E-state index in [1.807, 2.05) is 12.1 Å². The van der Waals surface area contributed by atoms with Crippen LogP contribution in [0.1, 0.15) is 56.9 Å². The molecular formula is C18H24N2O2. The lowest BCUT2D eigenvalue weighted by atomic mass is 9.76. The maximum absolute atomic E-state index is 12.3. The van der Waals surface area contributed by atoms with Crippen LogP contribution < -0.4 is 0 Å². The van der Waals surface area contributed by atoms with E-state index in [0.717, 1.165) is 32.1 Å². The van der Waals surface area contributed by atoms with Crippen molar-refractivity contribution in [3.05, 3.63) is 30.1 Å². The lowest BCUT2D eigenvalue weighted by molar-refractivity contribution is -0.153. The van der Waals surface area contributed by atoms with Gasteiger partial charge in [-0.25, -0.2) is 0 Å². The smallest absolute Gasteiger partial charge is 0.229 e. The summed E-state index contributed by atoms with van der Waals surface area (Å²) < 4.78 is 0. The van der Waals surface area contributed by atoms with Crippen LogP contribution in [-0.4, -0.2) is 28.2 Å². The Morgan fingerprint density at radius 2 is 1.64 bits per heavy atom. The molecule has 3 rings (SSSR count). The van der Waals surface area contributed by atoms with Crippen LogP contribution in [0.3, 0.4) is 0 Å². The Balaban J connectivity index is 1.46. The molecule has 2 fully saturated rings. The van der Waals surface area contributed by atoms with Crippen LogP contribution in [0, 0.1) is 5.41 Å². The number of imide groups is 1. The lowest BCUT2D eigenvalue weighted by Crippen LogP contribution is -2.47. The van der Waals surface area contributed by atoms with Gasteiger partial charge in [0.2, 0.25) is 11.8 Å². The van der Waals surface area contributed by atoms with Crippen LogP contribution in [0.5, 0.6) is 0 Å². The van der Waals surface area contributed by atoms with E-state index in [9.17, 15) is 9.59 Å². The Bertz CT molecular complexity index is 515. The van der Waals surface area contributed by atoms with E-state index >= 15 is 0 Å². The molecule has 1 aliphatic carbocycles.